The fourth-order valence-corrected chi connectivity index (χ4v) is 1.18. The van der Waals surface area contributed by atoms with E-state index in [4.69, 9.17) is 0 Å². The number of aromatic nitrogens is 4. The van der Waals surface area contributed by atoms with Gasteiger partial charge >= 0.3 is 0 Å². The zero-order valence-corrected chi connectivity index (χ0v) is 9.08. The molecule has 0 atom stereocenters. The zero-order valence-electron chi connectivity index (χ0n) is 9.08. The van der Waals surface area contributed by atoms with Gasteiger partial charge in [0.2, 0.25) is 5.91 Å². The van der Waals surface area contributed by atoms with Crippen molar-refractivity contribution in [1.82, 2.24) is 25.1 Å². The van der Waals surface area contributed by atoms with Gasteiger partial charge in [-0.1, -0.05) is 0 Å². The second kappa shape index (κ2) is 4.35. The fraction of sp³-hybridized carbons (Fsp3) is 0.750. The summed E-state index contributed by atoms with van der Waals surface area (Å²) in [5.41, 5.74) is -0.898. The number of hydrogen-bond donors (Lipinski definition) is 1. The molecule has 1 aromatic rings. The Hall–Kier alpha value is -1.50. The Morgan fingerprint density at radius 3 is 2.73 bits per heavy atom. The van der Waals surface area contributed by atoms with Crippen molar-refractivity contribution < 1.29 is 9.90 Å². The number of carbonyl (C=O) groups is 1. The minimum Gasteiger partial charge on any atom is -0.389 e. The number of tetrazole rings is 1. The van der Waals surface area contributed by atoms with E-state index < -0.39 is 5.60 Å². The average Bonchev–Trinajstić information content (AvgIpc) is 2.53. The van der Waals surface area contributed by atoms with E-state index in [-0.39, 0.29) is 19.0 Å². The highest BCUT2D eigenvalue weighted by molar-refractivity contribution is 5.75. The van der Waals surface area contributed by atoms with Gasteiger partial charge < -0.3 is 10.0 Å². The SMILES string of the molecule is CN(CC(C)(C)O)C(=O)Cn1cnnn1. The van der Waals surface area contributed by atoms with Crippen molar-refractivity contribution in [2.75, 3.05) is 13.6 Å². The predicted octanol–water partition coefficient (Wildman–Crippen LogP) is -1.10. The van der Waals surface area contributed by atoms with Gasteiger partial charge in [-0.05, 0) is 24.3 Å². The van der Waals surface area contributed by atoms with E-state index in [0.29, 0.717) is 0 Å². The summed E-state index contributed by atoms with van der Waals surface area (Å²) >= 11 is 0. The molecule has 7 heteroatoms. The molecule has 1 amide bonds. The molecule has 0 saturated carbocycles. The maximum Gasteiger partial charge on any atom is 0.244 e. The van der Waals surface area contributed by atoms with Crippen molar-refractivity contribution in [1.29, 1.82) is 0 Å². The van der Waals surface area contributed by atoms with Gasteiger partial charge in [0.25, 0.3) is 0 Å². The predicted molar refractivity (Wildman–Crippen MR) is 51.8 cm³/mol. The van der Waals surface area contributed by atoms with E-state index >= 15 is 0 Å². The second-order valence-electron chi connectivity index (χ2n) is 4.07. The number of amides is 1. The van der Waals surface area contributed by atoms with E-state index in [1.54, 1.807) is 20.9 Å². The van der Waals surface area contributed by atoms with Crippen LogP contribution in [0.3, 0.4) is 0 Å². The Balaban J connectivity index is 2.47. The summed E-state index contributed by atoms with van der Waals surface area (Å²) in [6, 6.07) is 0. The summed E-state index contributed by atoms with van der Waals surface area (Å²) < 4.78 is 1.34. The van der Waals surface area contributed by atoms with E-state index in [1.807, 2.05) is 0 Å². The molecule has 0 spiro atoms. The largest absolute Gasteiger partial charge is 0.389 e. The molecular weight excluding hydrogens is 198 g/mol. The molecule has 0 aliphatic carbocycles. The fourth-order valence-electron chi connectivity index (χ4n) is 1.18. The Bertz CT molecular complexity index is 316. The van der Waals surface area contributed by atoms with Crippen LogP contribution in [0.2, 0.25) is 0 Å². The molecule has 0 aliphatic heterocycles. The first kappa shape index (κ1) is 11.6. The van der Waals surface area contributed by atoms with Crippen LogP contribution < -0.4 is 0 Å². The van der Waals surface area contributed by atoms with E-state index in [0.717, 1.165) is 0 Å². The molecule has 1 aromatic heterocycles. The van der Waals surface area contributed by atoms with Crippen LogP contribution in [-0.2, 0) is 11.3 Å². The third kappa shape index (κ3) is 4.03. The number of nitrogens with zero attached hydrogens (tertiary/aromatic N) is 5. The van der Waals surface area contributed by atoms with E-state index in [1.165, 1.54) is 15.9 Å². The molecule has 0 radical (unpaired) electrons. The molecule has 7 nitrogen and oxygen atoms in total. The number of carbonyl (C=O) groups excluding carboxylic acids is 1. The molecule has 1 heterocycles. The van der Waals surface area contributed by atoms with Crippen molar-refractivity contribution in [3.8, 4) is 0 Å². The third-order valence-corrected chi connectivity index (χ3v) is 1.74. The molecule has 0 unspecified atom stereocenters. The highest BCUT2D eigenvalue weighted by Gasteiger charge is 2.19. The summed E-state index contributed by atoms with van der Waals surface area (Å²) in [5.74, 6) is -0.149. The molecule has 0 saturated heterocycles. The Labute approximate surface area is 87.7 Å². The normalized spacial score (nSPS) is 11.5. The highest BCUT2D eigenvalue weighted by atomic mass is 16.3. The van der Waals surface area contributed by atoms with Crippen LogP contribution in [-0.4, -0.2) is 55.3 Å². The van der Waals surface area contributed by atoms with E-state index in [9.17, 15) is 9.90 Å². The molecule has 0 fully saturated rings. The Kier molecular flexibility index (Phi) is 3.35. The highest BCUT2D eigenvalue weighted by Crippen LogP contribution is 2.03. The van der Waals surface area contributed by atoms with Gasteiger partial charge in [0.15, 0.2) is 0 Å². The lowest BCUT2D eigenvalue weighted by Crippen LogP contribution is -2.41. The number of hydrogen-bond acceptors (Lipinski definition) is 5. The molecule has 15 heavy (non-hydrogen) atoms. The number of likely N-dealkylation sites (N-methyl/N-ethyl adjacent to an activating group) is 1. The Morgan fingerprint density at radius 1 is 1.60 bits per heavy atom. The molecule has 0 aromatic carbocycles. The molecule has 0 aliphatic rings. The molecule has 0 bridgehead atoms. The van der Waals surface area contributed by atoms with Gasteiger partial charge in [-0.25, -0.2) is 4.68 Å². The lowest BCUT2D eigenvalue weighted by Gasteiger charge is -2.25. The molecule has 1 N–H and O–H groups in total. The van der Waals surface area contributed by atoms with Gasteiger partial charge in [0, 0.05) is 13.6 Å². The third-order valence-electron chi connectivity index (χ3n) is 1.74. The maximum atomic E-state index is 11.6. The minimum absolute atomic E-state index is 0.0829. The second-order valence-corrected chi connectivity index (χ2v) is 4.07. The van der Waals surface area contributed by atoms with Crippen molar-refractivity contribution in [3.63, 3.8) is 0 Å². The lowest BCUT2D eigenvalue weighted by atomic mass is 10.1. The summed E-state index contributed by atoms with van der Waals surface area (Å²) in [4.78, 5) is 13.0. The van der Waals surface area contributed by atoms with Gasteiger partial charge in [-0.2, -0.15) is 0 Å². The average molecular weight is 213 g/mol. The quantitative estimate of drug-likeness (QED) is 0.686. The van der Waals surface area contributed by atoms with Crippen LogP contribution >= 0.6 is 0 Å². The van der Waals surface area contributed by atoms with Gasteiger partial charge in [-0.15, -0.1) is 5.10 Å². The number of aliphatic hydroxyl groups is 1. The summed E-state index contributed by atoms with van der Waals surface area (Å²) in [7, 11) is 1.63. The van der Waals surface area contributed by atoms with E-state index in [2.05, 4.69) is 15.5 Å². The Morgan fingerprint density at radius 2 is 2.27 bits per heavy atom. The lowest BCUT2D eigenvalue weighted by molar-refractivity contribution is -0.133. The molecular formula is C8H15N5O2. The van der Waals surface area contributed by atoms with Crippen LogP contribution in [0, 0.1) is 0 Å². The summed E-state index contributed by atoms with van der Waals surface area (Å²) in [5, 5.41) is 19.9. The zero-order chi connectivity index (χ0) is 11.5. The van der Waals surface area contributed by atoms with Gasteiger partial charge in [0.05, 0.1) is 5.60 Å². The smallest absolute Gasteiger partial charge is 0.244 e. The van der Waals surface area contributed by atoms with Gasteiger partial charge in [-0.3, -0.25) is 4.79 Å². The van der Waals surface area contributed by atoms with Crippen LogP contribution in [0.1, 0.15) is 13.8 Å². The van der Waals surface area contributed by atoms with Crippen LogP contribution in [0.25, 0.3) is 0 Å². The first-order chi connectivity index (χ1) is 6.88. The van der Waals surface area contributed by atoms with Crippen LogP contribution in [0.15, 0.2) is 6.33 Å². The van der Waals surface area contributed by atoms with Crippen molar-refractivity contribution >= 4 is 5.91 Å². The molecule has 1 rings (SSSR count). The topological polar surface area (TPSA) is 84.1 Å². The van der Waals surface area contributed by atoms with Crippen molar-refractivity contribution in [3.05, 3.63) is 6.33 Å². The first-order valence-electron chi connectivity index (χ1n) is 4.55. The van der Waals surface area contributed by atoms with Crippen LogP contribution in [0.5, 0.6) is 0 Å². The van der Waals surface area contributed by atoms with Gasteiger partial charge in [0.1, 0.15) is 12.9 Å². The first-order valence-corrected chi connectivity index (χ1v) is 4.55. The minimum atomic E-state index is -0.898. The molecule has 84 valence electrons. The summed E-state index contributed by atoms with van der Waals surface area (Å²) in [6.07, 6.45) is 1.37. The number of rotatable bonds is 4. The van der Waals surface area contributed by atoms with Crippen molar-refractivity contribution in [2.24, 2.45) is 0 Å². The van der Waals surface area contributed by atoms with Crippen LogP contribution in [0.4, 0.5) is 0 Å². The maximum absolute atomic E-state index is 11.6. The summed E-state index contributed by atoms with van der Waals surface area (Å²) in [6.45, 7) is 3.65. The standard InChI is InChI=1S/C8H15N5O2/c1-8(2,15)5-12(3)7(14)4-13-6-9-10-11-13/h6,15H,4-5H2,1-3H3. The van der Waals surface area contributed by atoms with Crippen molar-refractivity contribution in [2.45, 2.75) is 26.0 Å². The monoisotopic (exact) mass is 213 g/mol.